The predicted molar refractivity (Wildman–Crippen MR) is 92.2 cm³/mol. The molecular formula is C19H17FN2O2. The van der Waals surface area contributed by atoms with Gasteiger partial charge in [0, 0.05) is 30.9 Å². The second-order valence-corrected chi connectivity index (χ2v) is 5.67. The van der Waals surface area contributed by atoms with Gasteiger partial charge in [-0.3, -0.25) is 9.59 Å². The third-order valence-corrected chi connectivity index (χ3v) is 3.97. The third kappa shape index (κ3) is 3.51. The Balaban J connectivity index is 1.70. The lowest BCUT2D eigenvalue weighted by atomic mass is 10.0. The second kappa shape index (κ2) is 6.66. The first-order valence-electron chi connectivity index (χ1n) is 7.67. The molecule has 0 atom stereocenters. The topological polar surface area (TPSA) is 49.4 Å². The van der Waals surface area contributed by atoms with Gasteiger partial charge in [0.25, 0.3) is 0 Å². The summed E-state index contributed by atoms with van der Waals surface area (Å²) in [6, 6.07) is 11.5. The van der Waals surface area contributed by atoms with Gasteiger partial charge in [-0.2, -0.15) is 0 Å². The molecule has 0 bridgehead atoms. The molecule has 0 radical (unpaired) electrons. The molecular weight excluding hydrogens is 307 g/mol. The molecule has 1 N–H and O–H groups in total. The van der Waals surface area contributed by atoms with E-state index < -0.39 is 0 Å². The molecule has 24 heavy (non-hydrogen) atoms. The molecule has 3 rings (SSSR count). The summed E-state index contributed by atoms with van der Waals surface area (Å²) in [5, 5.41) is 2.78. The third-order valence-electron chi connectivity index (χ3n) is 3.97. The van der Waals surface area contributed by atoms with Gasteiger partial charge >= 0.3 is 0 Å². The van der Waals surface area contributed by atoms with Crippen LogP contribution in [0.3, 0.4) is 0 Å². The van der Waals surface area contributed by atoms with E-state index in [4.69, 9.17) is 0 Å². The highest BCUT2D eigenvalue weighted by atomic mass is 19.1. The maximum atomic E-state index is 13.1. The van der Waals surface area contributed by atoms with Crippen molar-refractivity contribution in [3.8, 4) is 0 Å². The quantitative estimate of drug-likeness (QED) is 0.880. The lowest BCUT2D eigenvalue weighted by molar-refractivity contribution is -0.118. The number of benzene rings is 2. The first kappa shape index (κ1) is 15.9. The first-order chi connectivity index (χ1) is 11.5. The van der Waals surface area contributed by atoms with Crippen LogP contribution >= 0.6 is 0 Å². The number of hydrogen-bond acceptors (Lipinski definition) is 2. The molecule has 0 fully saturated rings. The summed E-state index contributed by atoms with van der Waals surface area (Å²) >= 11 is 0. The van der Waals surface area contributed by atoms with Crippen molar-refractivity contribution in [3.05, 3.63) is 65.5 Å². The van der Waals surface area contributed by atoms with Crippen LogP contribution in [0.5, 0.6) is 0 Å². The number of hydrogen-bond donors (Lipinski definition) is 1. The summed E-state index contributed by atoms with van der Waals surface area (Å²) in [5.74, 6) is -0.539. The van der Waals surface area contributed by atoms with Gasteiger partial charge in [0.15, 0.2) is 0 Å². The van der Waals surface area contributed by atoms with Crippen LogP contribution in [0.1, 0.15) is 17.5 Å². The van der Waals surface area contributed by atoms with Gasteiger partial charge < -0.3 is 10.2 Å². The highest BCUT2D eigenvalue weighted by Crippen LogP contribution is 2.29. The molecule has 122 valence electrons. The fourth-order valence-electron chi connectivity index (χ4n) is 2.70. The van der Waals surface area contributed by atoms with Crippen LogP contribution < -0.4 is 10.2 Å². The van der Waals surface area contributed by atoms with Crippen LogP contribution in [-0.4, -0.2) is 18.9 Å². The number of anilines is 2. The average molecular weight is 324 g/mol. The van der Waals surface area contributed by atoms with E-state index in [1.54, 1.807) is 36.2 Å². The first-order valence-corrected chi connectivity index (χ1v) is 7.67. The number of nitrogens with zero attached hydrogens (tertiary/aromatic N) is 1. The minimum atomic E-state index is -0.342. The Kier molecular flexibility index (Phi) is 4.42. The highest BCUT2D eigenvalue weighted by Gasteiger charge is 2.20. The zero-order valence-electron chi connectivity index (χ0n) is 13.3. The van der Waals surface area contributed by atoms with Crippen LogP contribution in [0.25, 0.3) is 6.08 Å². The molecule has 1 aliphatic heterocycles. The molecule has 1 heterocycles. The Morgan fingerprint density at radius 1 is 1.21 bits per heavy atom. The molecule has 0 unspecified atom stereocenters. The number of aryl methyl sites for hydroxylation is 1. The molecule has 0 saturated heterocycles. The fraction of sp³-hybridized carbons (Fsp3) is 0.158. The standard InChI is InChI=1S/C19H17FN2O2/c1-22-17-8-7-16(12-14(17)6-10-19(22)24)21-18(23)9-5-13-3-2-4-15(20)11-13/h2-5,7-9,11-12H,6,10H2,1H3,(H,21,23)/b9-5+. The van der Waals surface area contributed by atoms with Crippen molar-refractivity contribution < 1.29 is 14.0 Å². The molecule has 2 aromatic carbocycles. The van der Waals surface area contributed by atoms with Crippen LogP contribution in [0.15, 0.2) is 48.5 Å². The monoisotopic (exact) mass is 324 g/mol. The Hall–Kier alpha value is -2.95. The Morgan fingerprint density at radius 3 is 2.83 bits per heavy atom. The summed E-state index contributed by atoms with van der Waals surface area (Å²) in [6.07, 6.45) is 4.06. The largest absolute Gasteiger partial charge is 0.323 e. The number of rotatable bonds is 3. The van der Waals surface area contributed by atoms with Crippen molar-refractivity contribution in [3.63, 3.8) is 0 Å². The van der Waals surface area contributed by atoms with Gasteiger partial charge in [0.1, 0.15) is 5.82 Å². The minimum Gasteiger partial charge on any atom is -0.323 e. The summed E-state index contributed by atoms with van der Waals surface area (Å²) in [5.41, 5.74) is 3.20. The summed E-state index contributed by atoms with van der Waals surface area (Å²) in [4.78, 5) is 25.3. The second-order valence-electron chi connectivity index (χ2n) is 5.67. The highest BCUT2D eigenvalue weighted by molar-refractivity contribution is 6.02. The maximum Gasteiger partial charge on any atom is 0.248 e. The zero-order valence-corrected chi connectivity index (χ0v) is 13.3. The summed E-state index contributed by atoms with van der Waals surface area (Å²) < 4.78 is 13.1. The minimum absolute atomic E-state index is 0.0947. The van der Waals surface area contributed by atoms with Crippen molar-refractivity contribution in [2.75, 3.05) is 17.3 Å². The number of halogens is 1. The van der Waals surface area contributed by atoms with Gasteiger partial charge in [0.05, 0.1) is 0 Å². The molecule has 2 aromatic rings. The number of amides is 2. The van der Waals surface area contributed by atoms with Crippen LogP contribution in [-0.2, 0) is 16.0 Å². The Morgan fingerprint density at radius 2 is 2.04 bits per heavy atom. The van der Waals surface area contributed by atoms with Gasteiger partial charge in [0.2, 0.25) is 11.8 Å². The Bertz CT molecular complexity index is 830. The van der Waals surface area contributed by atoms with Crippen molar-refractivity contribution in [2.24, 2.45) is 0 Å². The molecule has 1 aliphatic rings. The van der Waals surface area contributed by atoms with Gasteiger partial charge in [-0.1, -0.05) is 12.1 Å². The van der Waals surface area contributed by atoms with Crippen LogP contribution in [0, 0.1) is 5.82 Å². The fourth-order valence-corrected chi connectivity index (χ4v) is 2.70. The van der Waals surface area contributed by atoms with Crippen LogP contribution in [0.2, 0.25) is 0 Å². The average Bonchev–Trinajstić information content (AvgIpc) is 2.57. The van der Waals surface area contributed by atoms with Gasteiger partial charge in [-0.05, 0) is 54.0 Å². The smallest absolute Gasteiger partial charge is 0.248 e. The van der Waals surface area contributed by atoms with E-state index in [1.807, 2.05) is 12.1 Å². The lowest BCUT2D eigenvalue weighted by Crippen LogP contribution is -2.31. The van der Waals surface area contributed by atoms with E-state index in [9.17, 15) is 14.0 Å². The predicted octanol–water partition coefficient (Wildman–Crippen LogP) is 3.39. The summed E-state index contributed by atoms with van der Waals surface area (Å²) in [6.45, 7) is 0. The number of carbonyl (C=O) groups excluding carboxylic acids is 2. The van der Waals surface area contributed by atoms with E-state index in [0.717, 1.165) is 11.3 Å². The van der Waals surface area contributed by atoms with Crippen molar-refractivity contribution in [1.29, 1.82) is 0 Å². The van der Waals surface area contributed by atoms with Crippen molar-refractivity contribution in [1.82, 2.24) is 0 Å². The number of carbonyl (C=O) groups is 2. The zero-order chi connectivity index (χ0) is 17.1. The molecule has 0 saturated carbocycles. The van der Waals surface area contributed by atoms with Gasteiger partial charge in [-0.25, -0.2) is 4.39 Å². The SMILES string of the molecule is CN1C(=O)CCc2cc(NC(=O)/C=C/c3cccc(F)c3)ccc21. The van der Waals surface area contributed by atoms with Crippen molar-refractivity contribution in [2.45, 2.75) is 12.8 Å². The Labute approximate surface area is 139 Å². The molecule has 0 aliphatic carbocycles. The normalized spacial score (nSPS) is 13.9. The van der Waals surface area contributed by atoms with E-state index in [0.29, 0.717) is 24.1 Å². The van der Waals surface area contributed by atoms with Crippen molar-refractivity contribution >= 4 is 29.3 Å². The van der Waals surface area contributed by atoms with E-state index >= 15 is 0 Å². The van der Waals surface area contributed by atoms with Crippen LogP contribution in [0.4, 0.5) is 15.8 Å². The number of fused-ring (bicyclic) bond motifs is 1. The lowest BCUT2D eigenvalue weighted by Gasteiger charge is -2.26. The molecule has 5 heteroatoms. The number of nitrogens with one attached hydrogen (secondary N) is 1. The molecule has 0 aromatic heterocycles. The summed E-state index contributed by atoms with van der Waals surface area (Å²) in [7, 11) is 1.75. The van der Waals surface area contributed by atoms with E-state index in [-0.39, 0.29) is 17.6 Å². The maximum absolute atomic E-state index is 13.1. The van der Waals surface area contributed by atoms with E-state index in [1.165, 1.54) is 18.2 Å². The van der Waals surface area contributed by atoms with E-state index in [2.05, 4.69) is 5.32 Å². The molecule has 2 amide bonds. The van der Waals surface area contributed by atoms with Gasteiger partial charge in [-0.15, -0.1) is 0 Å². The molecule has 0 spiro atoms. The molecule has 4 nitrogen and oxygen atoms in total.